The summed E-state index contributed by atoms with van der Waals surface area (Å²) in [5.41, 5.74) is 5.09. The first kappa shape index (κ1) is 13.3. The summed E-state index contributed by atoms with van der Waals surface area (Å²) in [7, 11) is 0. The predicted octanol–water partition coefficient (Wildman–Crippen LogP) is 4.57. The third-order valence-corrected chi connectivity index (χ3v) is 5.51. The first-order valence-electron chi connectivity index (χ1n) is 8.39. The molecule has 2 aromatic carbocycles. The first-order valence-corrected chi connectivity index (χ1v) is 8.39. The third kappa shape index (κ3) is 2.03. The molecule has 23 heavy (non-hydrogen) atoms. The van der Waals surface area contributed by atoms with Crippen molar-refractivity contribution >= 4 is 10.9 Å². The van der Waals surface area contributed by atoms with Gasteiger partial charge < -0.3 is 4.98 Å². The number of hydrogen-bond acceptors (Lipinski definition) is 1. The van der Waals surface area contributed by atoms with Gasteiger partial charge in [0.05, 0.1) is 0 Å². The molecule has 0 radical (unpaired) electrons. The van der Waals surface area contributed by atoms with Crippen molar-refractivity contribution in [1.82, 2.24) is 9.88 Å². The average Bonchev–Trinajstić information content (AvgIpc) is 3.04. The van der Waals surface area contributed by atoms with Gasteiger partial charge in [0.15, 0.2) is 0 Å². The quantitative estimate of drug-likeness (QED) is 0.735. The molecule has 0 aliphatic carbocycles. The van der Waals surface area contributed by atoms with E-state index in [-0.39, 0.29) is 5.82 Å². The average molecular weight is 306 g/mol. The first-order chi connectivity index (χ1) is 11.3. The van der Waals surface area contributed by atoms with Crippen molar-refractivity contribution in [2.24, 2.45) is 0 Å². The molecule has 2 unspecified atom stereocenters. The molecule has 1 fully saturated rings. The minimum atomic E-state index is -0.144. The van der Waals surface area contributed by atoms with Crippen LogP contribution in [0.15, 0.2) is 48.5 Å². The van der Waals surface area contributed by atoms with Crippen molar-refractivity contribution in [3.8, 4) is 0 Å². The Labute approximate surface area is 134 Å². The number of nitrogens with zero attached hydrogens (tertiary/aromatic N) is 1. The van der Waals surface area contributed by atoms with Crippen molar-refractivity contribution in [3.05, 3.63) is 71.2 Å². The lowest BCUT2D eigenvalue weighted by Crippen LogP contribution is -2.36. The van der Waals surface area contributed by atoms with E-state index in [4.69, 9.17) is 0 Å². The van der Waals surface area contributed by atoms with E-state index in [0.29, 0.717) is 12.1 Å². The molecular formula is C20H19FN2. The number of benzene rings is 2. The lowest BCUT2D eigenvalue weighted by Gasteiger charge is -2.35. The van der Waals surface area contributed by atoms with Crippen LogP contribution in [-0.2, 0) is 13.0 Å². The summed E-state index contributed by atoms with van der Waals surface area (Å²) in [4.78, 5) is 6.16. The van der Waals surface area contributed by atoms with Gasteiger partial charge in [-0.25, -0.2) is 4.39 Å². The number of halogens is 1. The van der Waals surface area contributed by atoms with Crippen LogP contribution in [0.4, 0.5) is 4.39 Å². The molecule has 0 saturated carbocycles. The monoisotopic (exact) mass is 306 g/mol. The topological polar surface area (TPSA) is 19.0 Å². The van der Waals surface area contributed by atoms with E-state index in [1.165, 1.54) is 29.7 Å². The fraction of sp³-hybridized carbons (Fsp3) is 0.300. The van der Waals surface area contributed by atoms with Gasteiger partial charge in [-0.15, -0.1) is 0 Å². The van der Waals surface area contributed by atoms with Crippen molar-refractivity contribution in [3.63, 3.8) is 0 Å². The largest absolute Gasteiger partial charge is 0.358 e. The van der Waals surface area contributed by atoms with Crippen LogP contribution < -0.4 is 0 Å². The highest BCUT2D eigenvalue weighted by atomic mass is 19.1. The summed E-state index contributed by atoms with van der Waals surface area (Å²) in [6.07, 6.45) is 3.46. The van der Waals surface area contributed by atoms with Crippen LogP contribution in [0.3, 0.4) is 0 Å². The summed E-state index contributed by atoms with van der Waals surface area (Å²) in [6, 6.07) is 16.8. The number of H-pyrrole nitrogens is 1. The molecule has 3 aromatic rings. The molecule has 5 rings (SSSR count). The standard InChI is InChI=1S/C20H19FN2/c21-14-6-8-17-16(10-14)20-18(22-17)11-15-7-9-19(20)23(15)12-13-4-2-1-3-5-13/h1-6,8,10,15,19,22H,7,9,11-12H2. The molecule has 116 valence electrons. The number of hydrogen-bond donors (Lipinski definition) is 1. The van der Waals surface area contributed by atoms with Crippen molar-refractivity contribution in [1.29, 1.82) is 0 Å². The predicted molar refractivity (Wildman–Crippen MR) is 89.7 cm³/mol. The highest BCUT2D eigenvalue weighted by Crippen LogP contribution is 2.47. The summed E-state index contributed by atoms with van der Waals surface area (Å²) < 4.78 is 13.7. The van der Waals surface area contributed by atoms with Gasteiger partial charge >= 0.3 is 0 Å². The lowest BCUT2D eigenvalue weighted by molar-refractivity contribution is 0.168. The van der Waals surface area contributed by atoms with Crippen LogP contribution in [0.2, 0.25) is 0 Å². The number of fused-ring (bicyclic) bond motifs is 6. The molecule has 2 bridgehead atoms. The molecule has 1 saturated heterocycles. The van der Waals surface area contributed by atoms with E-state index in [1.807, 2.05) is 6.07 Å². The Morgan fingerprint density at radius 3 is 2.83 bits per heavy atom. The Balaban J connectivity index is 1.58. The molecule has 2 aliphatic rings. The second-order valence-corrected chi connectivity index (χ2v) is 6.82. The number of aromatic nitrogens is 1. The molecule has 1 aromatic heterocycles. The van der Waals surface area contributed by atoms with Crippen molar-refractivity contribution in [2.75, 3.05) is 0 Å². The zero-order valence-electron chi connectivity index (χ0n) is 12.9. The number of aromatic amines is 1. The van der Waals surface area contributed by atoms with Gasteiger partial charge in [0, 0.05) is 41.6 Å². The van der Waals surface area contributed by atoms with E-state index in [0.717, 1.165) is 23.9 Å². The van der Waals surface area contributed by atoms with E-state index in [1.54, 1.807) is 12.1 Å². The Morgan fingerprint density at radius 2 is 1.96 bits per heavy atom. The van der Waals surface area contributed by atoms with Gasteiger partial charge in [-0.05, 0) is 42.2 Å². The molecule has 1 N–H and O–H groups in total. The maximum atomic E-state index is 13.7. The van der Waals surface area contributed by atoms with Crippen molar-refractivity contribution < 1.29 is 4.39 Å². The van der Waals surface area contributed by atoms with Gasteiger partial charge in [0.1, 0.15) is 5.82 Å². The van der Waals surface area contributed by atoms with Crippen LogP contribution in [0.1, 0.15) is 35.7 Å². The van der Waals surface area contributed by atoms with Crippen LogP contribution in [0.25, 0.3) is 10.9 Å². The van der Waals surface area contributed by atoms with E-state index >= 15 is 0 Å². The second kappa shape index (κ2) is 4.93. The van der Waals surface area contributed by atoms with Crippen molar-refractivity contribution in [2.45, 2.75) is 37.9 Å². The number of rotatable bonds is 2. The van der Waals surface area contributed by atoms with Crippen LogP contribution in [-0.4, -0.2) is 15.9 Å². The van der Waals surface area contributed by atoms with Gasteiger partial charge in [-0.1, -0.05) is 30.3 Å². The molecular weight excluding hydrogens is 287 g/mol. The van der Waals surface area contributed by atoms with Gasteiger partial charge in [0.2, 0.25) is 0 Å². The van der Waals surface area contributed by atoms with Crippen LogP contribution >= 0.6 is 0 Å². The Hall–Kier alpha value is -2.13. The highest BCUT2D eigenvalue weighted by Gasteiger charge is 2.41. The lowest BCUT2D eigenvalue weighted by atomic mass is 9.96. The third-order valence-electron chi connectivity index (χ3n) is 5.51. The molecule has 3 heteroatoms. The van der Waals surface area contributed by atoms with E-state index < -0.39 is 0 Å². The minimum Gasteiger partial charge on any atom is -0.358 e. The second-order valence-electron chi connectivity index (χ2n) is 6.82. The smallest absolute Gasteiger partial charge is 0.123 e. The normalized spacial score (nSPS) is 23.3. The molecule has 0 spiro atoms. The molecule has 0 amide bonds. The SMILES string of the molecule is Fc1ccc2[nH]c3c(c2c1)C1CCC(C3)N1Cc1ccccc1. The van der Waals surface area contributed by atoms with Gasteiger partial charge in [0.25, 0.3) is 0 Å². The molecule has 3 heterocycles. The Morgan fingerprint density at radius 1 is 1.09 bits per heavy atom. The van der Waals surface area contributed by atoms with Crippen LogP contribution in [0.5, 0.6) is 0 Å². The number of nitrogens with one attached hydrogen (secondary N) is 1. The zero-order chi connectivity index (χ0) is 15.4. The maximum absolute atomic E-state index is 13.7. The molecule has 2 aliphatic heterocycles. The summed E-state index contributed by atoms with van der Waals surface area (Å²) >= 11 is 0. The minimum absolute atomic E-state index is 0.144. The maximum Gasteiger partial charge on any atom is 0.123 e. The summed E-state index contributed by atoms with van der Waals surface area (Å²) in [5.74, 6) is -0.144. The molecule has 2 atom stereocenters. The fourth-order valence-electron chi connectivity index (χ4n) is 4.52. The zero-order valence-corrected chi connectivity index (χ0v) is 12.9. The fourth-order valence-corrected chi connectivity index (χ4v) is 4.52. The van der Waals surface area contributed by atoms with E-state index in [2.05, 4.69) is 40.2 Å². The summed E-state index contributed by atoms with van der Waals surface area (Å²) in [5, 5.41) is 1.07. The Kier molecular flexibility index (Phi) is 2.86. The van der Waals surface area contributed by atoms with E-state index in [9.17, 15) is 4.39 Å². The Bertz CT molecular complexity index is 868. The van der Waals surface area contributed by atoms with Gasteiger partial charge in [-0.2, -0.15) is 0 Å². The van der Waals surface area contributed by atoms with Crippen LogP contribution in [0, 0.1) is 5.82 Å². The van der Waals surface area contributed by atoms with Gasteiger partial charge in [-0.3, -0.25) is 4.90 Å². The highest BCUT2D eigenvalue weighted by molar-refractivity contribution is 5.85. The molecule has 2 nitrogen and oxygen atoms in total. The summed E-state index contributed by atoms with van der Waals surface area (Å²) in [6.45, 7) is 0.984.